The Balaban J connectivity index is 1.81. The van der Waals surface area contributed by atoms with Gasteiger partial charge >= 0.3 is 0 Å². The Morgan fingerprint density at radius 2 is 1.84 bits per heavy atom. The summed E-state index contributed by atoms with van der Waals surface area (Å²) in [6, 6.07) is 12.5. The highest BCUT2D eigenvalue weighted by Gasteiger charge is 2.10. The molecule has 2 amide bonds. The molecule has 0 saturated heterocycles. The Labute approximate surface area is 151 Å². The first-order valence-electron chi connectivity index (χ1n) is 7.06. The minimum Gasteiger partial charge on any atom is -0.343 e. The van der Waals surface area contributed by atoms with Crippen molar-refractivity contribution in [1.82, 2.24) is 10.7 Å². The number of rotatable bonds is 6. The molecule has 2 aromatic rings. The molecule has 0 fully saturated rings. The van der Waals surface area contributed by atoms with Gasteiger partial charge in [-0.15, -0.1) is 0 Å². The Morgan fingerprint density at radius 3 is 2.48 bits per heavy atom. The normalized spacial score (nSPS) is 10.4. The van der Waals surface area contributed by atoms with Gasteiger partial charge < -0.3 is 5.32 Å². The van der Waals surface area contributed by atoms with Crippen LogP contribution in [-0.4, -0.2) is 29.5 Å². The third kappa shape index (κ3) is 5.50. The Bertz CT molecular complexity index is 821. The van der Waals surface area contributed by atoms with Crippen LogP contribution in [0.2, 0.25) is 0 Å². The van der Waals surface area contributed by atoms with E-state index in [0.717, 1.165) is 0 Å². The van der Waals surface area contributed by atoms with Gasteiger partial charge in [0, 0.05) is 16.6 Å². The van der Waals surface area contributed by atoms with Gasteiger partial charge in [-0.2, -0.15) is 5.10 Å². The second-order valence-electron chi connectivity index (χ2n) is 4.80. The second-order valence-corrected chi connectivity index (χ2v) is 5.66. The lowest BCUT2D eigenvalue weighted by atomic mass is 10.2. The summed E-state index contributed by atoms with van der Waals surface area (Å²) < 4.78 is 0.629. The number of benzene rings is 2. The van der Waals surface area contributed by atoms with Crippen molar-refractivity contribution >= 4 is 39.6 Å². The van der Waals surface area contributed by atoms with Gasteiger partial charge in [-0.05, 0) is 45.8 Å². The van der Waals surface area contributed by atoms with Crippen molar-refractivity contribution in [1.29, 1.82) is 0 Å². The van der Waals surface area contributed by atoms with Gasteiger partial charge in [-0.25, -0.2) is 5.43 Å². The van der Waals surface area contributed by atoms with Crippen LogP contribution in [0, 0.1) is 10.1 Å². The SMILES string of the molecule is O=C(CNC(=O)c1ccccc1Br)NN=Cc1ccc([N+](=O)[O-])cc1. The van der Waals surface area contributed by atoms with E-state index >= 15 is 0 Å². The maximum Gasteiger partial charge on any atom is 0.269 e. The fraction of sp³-hybridized carbons (Fsp3) is 0.0625. The van der Waals surface area contributed by atoms with Crippen molar-refractivity contribution in [3.8, 4) is 0 Å². The standard InChI is InChI=1S/C16H13BrN4O4/c17-14-4-2-1-3-13(14)16(23)18-10-15(22)20-19-9-11-5-7-12(8-6-11)21(24)25/h1-9H,10H2,(H,18,23)(H,20,22). The van der Waals surface area contributed by atoms with Gasteiger partial charge in [0.25, 0.3) is 17.5 Å². The van der Waals surface area contributed by atoms with Crippen molar-refractivity contribution in [3.63, 3.8) is 0 Å². The molecular formula is C16H13BrN4O4. The van der Waals surface area contributed by atoms with Gasteiger partial charge in [0.05, 0.1) is 23.2 Å². The summed E-state index contributed by atoms with van der Waals surface area (Å²) in [6.45, 7) is -0.238. The number of carbonyl (C=O) groups is 2. The predicted molar refractivity (Wildman–Crippen MR) is 95.3 cm³/mol. The highest BCUT2D eigenvalue weighted by molar-refractivity contribution is 9.10. The lowest BCUT2D eigenvalue weighted by Crippen LogP contribution is -2.35. The largest absolute Gasteiger partial charge is 0.343 e. The smallest absolute Gasteiger partial charge is 0.269 e. The van der Waals surface area contributed by atoms with Gasteiger partial charge in [0.1, 0.15) is 0 Å². The number of carbonyl (C=O) groups excluding carboxylic acids is 2. The maximum atomic E-state index is 11.9. The fourth-order valence-electron chi connectivity index (χ4n) is 1.80. The number of nitrogens with zero attached hydrogens (tertiary/aromatic N) is 2. The van der Waals surface area contributed by atoms with E-state index in [1.165, 1.54) is 30.5 Å². The lowest BCUT2D eigenvalue weighted by Gasteiger charge is -2.05. The molecule has 0 unspecified atom stereocenters. The topological polar surface area (TPSA) is 114 Å². The molecule has 0 spiro atoms. The van der Waals surface area contributed by atoms with E-state index in [4.69, 9.17) is 0 Å². The van der Waals surface area contributed by atoms with Crippen LogP contribution in [-0.2, 0) is 4.79 Å². The van der Waals surface area contributed by atoms with Crippen LogP contribution in [0.25, 0.3) is 0 Å². The van der Waals surface area contributed by atoms with Crippen molar-refractivity contribution < 1.29 is 14.5 Å². The highest BCUT2D eigenvalue weighted by atomic mass is 79.9. The highest BCUT2D eigenvalue weighted by Crippen LogP contribution is 2.15. The maximum absolute atomic E-state index is 11.9. The molecule has 0 bridgehead atoms. The van der Waals surface area contributed by atoms with Crippen LogP contribution in [0.1, 0.15) is 15.9 Å². The summed E-state index contributed by atoms with van der Waals surface area (Å²) in [5.74, 6) is -0.888. The van der Waals surface area contributed by atoms with Gasteiger partial charge in [-0.1, -0.05) is 12.1 Å². The van der Waals surface area contributed by atoms with E-state index in [1.807, 2.05) is 0 Å². The van der Waals surface area contributed by atoms with Crippen LogP contribution in [0.3, 0.4) is 0 Å². The second kappa shape index (κ2) is 8.69. The van der Waals surface area contributed by atoms with E-state index in [1.54, 1.807) is 24.3 Å². The Morgan fingerprint density at radius 1 is 1.16 bits per heavy atom. The number of hydrogen-bond acceptors (Lipinski definition) is 5. The van der Waals surface area contributed by atoms with Crippen LogP contribution in [0.5, 0.6) is 0 Å². The van der Waals surface area contributed by atoms with Crippen molar-refractivity contribution in [2.24, 2.45) is 5.10 Å². The summed E-state index contributed by atoms with van der Waals surface area (Å²) in [5, 5.41) is 16.8. The van der Waals surface area contributed by atoms with Gasteiger partial charge in [0.2, 0.25) is 0 Å². The molecular weight excluding hydrogens is 392 g/mol. The third-order valence-electron chi connectivity index (χ3n) is 3.03. The zero-order chi connectivity index (χ0) is 18.2. The molecule has 0 heterocycles. The van der Waals surface area contributed by atoms with Crippen LogP contribution < -0.4 is 10.7 Å². The molecule has 0 saturated carbocycles. The number of amides is 2. The molecule has 8 nitrogen and oxygen atoms in total. The molecule has 0 aliphatic rings. The molecule has 0 aromatic heterocycles. The first-order valence-corrected chi connectivity index (χ1v) is 7.86. The number of hydrogen-bond donors (Lipinski definition) is 2. The van der Waals surface area contributed by atoms with Crippen molar-refractivity contribution in [2.45, 2.75) is 0 Å². The molecule has 0 aliphatic carbocycles. The zero-order valence-electron chi connectivity index (χ0n) is 12.8. The average Bonchev–Trinajstić information content (AvgIpc) is 2.60. The summed E-state index contributed by atoms with van der Waals surface area (Å²) in [5.41, 5.74) is 3.24. The number of nitrogens with one attached hydrogen (secondary N) is 2. The van der Waals surface area contributed by atoms with Crippen molar-refractivity contribution in [2.75, 3.05) is 6.54 Å². The van der Waals surface area contributed by atoms with Crippen LogP contribution >= 0.6 is 15.9 Å². The lowest BCUT2D eigenvalue weighted by molar-refractivity contribution is -0.384. The first kappa shape index (κ1) is 18.3. The molecule has 0 aliphatic heterocycles. The number of halogens is 1. The van der Waals surface area contributed by atoms with E-state index in [-0.39, 0.29) is 18.1 Å². The number of non-ortho nitro benzene ring substituents is 1. The molecule has 2 N–H and O–H groups in total. The van der Waals surface area contributed by atoms with Crippen LogP contribution in [0.4, 0.5) is 5.69 Å². The number of hydrazone groups is 1. The molecule has 2 aromatic carbocycles. The van der Waals surface area contributed by atoms with Gasteiger partial charge in [-0.3, -0.25) is 19.7 Å². The zero-order valence-corrected chi connectivity index (χ0v) is 14.4. The van der Waals surface area contributed by atoms with Crippen LogP contribution in [0.15, 0.2) is 58.1 Å². The Hall–Kier alpha value is -3.07. The third-order valence-corrected chi connectivity index (χ3v) is 3.73. The predicted octanol–water partition coefficient (Wildman–Crippen LogP) is 2.24. The van der Waals surface area contributed by atoms with Crippen molar-refractivity contribution in [3.05, 3.63) is 74.2 Å². The van der Waals surface area contributed by atoms with Gasteiger partial charge in [0.15, 0.2) is 0 Å². The summed E-state index contributed by atoms with van der Waals surface area (Å²) in [4.78, 5) is 33.6. The molecule has 9 heteroatoms. The minimum absolute atomic E-state index is 0.0315. The first-order chi connectivity index (χ1) is 12.0. The summed E-state index contributed by atoms with van der Waals surface area (Å²) >= 11 is 3.26. The Kier molecular flexibility index (Phi) is 6.35. The summed E-state index contributed by atoms with van der Waals surface area (Å²) in [7, 11) is 0. The molecule has 25 heavy (non-hydrogen) atoms. The molecule has 2 rings (SSSR count). The average molecular weight is 405 g/mol. The van der Waals surface area contributed by atoms with E-state index in [2.05, 4.69) is 31.8 Å². The quantitative estimate of drug-likeness (QED) is 0.436. The minimum atomic E-state index is -0.504. The van der Waals surface area contributed by atoms with E-state index in [0.29, 0.717) is 15.6 Å². The number of nitro groups is 1. The summed E-state index contributed by atoms with van der Waals surface area (Å²) in [6.07, 6.45) is 1.34. The molecule has 0 atom stereocenters. The molecule has 128 valence electrons. The molecule has 0 radical (unpaired) electrons. The van der Waals surface area contributed by atoms with E-state index in [9.17, 15) is 19.7 Å². The number of nitro benzene ring substituents is 1. The van der Waals surface area contributed by atoms with E-state index < -0.39 is 10.8 Å². The monoisotopic (exact) mass is 404 g/mol. The fourth-order valence-corrected chi connectivity index (χ4v) is 2.27.